The van der Waals surface area contributed by atoms with Crippen LogP contribution >= 0.6 is 0 Å². The van der Waals surface area contributed by atoms with Gasteiger partial charge in [0.2, 0.25) is 0 Å². The fourth-order valence-corrected chi connectivity index (χ4v) is 4.52. The Morgan fingerprint density at radius 2 is 1.90 bits per heavy atom. The van der Waals surface area contributed by atoms with Gasteiger partial charge in [0.25, 0.3) is 5.91 Å². The molecule has 4 rings (SSSR count). The molecule has 1 saturated carbocycles. The van der Waals surface area contributed by atoms with Gasteiger partial charge in [-0.2, -0.15) is 5.26 Å². The van der Waals surface area contributed by atoms with Crippen molar-refractivity contribution in [2.75, 3.05) is 13.1 Å². The summed E-state index contributed by atoms with van der Waals surface area (Å²) in [5.41, 5.74) is 0.587. The van der Waals surface area contributed by atoms with Gasteiger partial charge in [0.15, 0.2) is 5.76 Å². The lowest BCUT2D eigenvalue weighted by molar-refractivity contribution is 0.0809. The Hall–Kier alpha value is -2.78. The van der Waals surface area contributed by atoms with Gasteiger partial charge in [0.05, 0.1) is 11.6 Å². The van der Waals surface area contributed by atoms with E-state index in [1.165, 1.54) is 32.1 Å². The number of piperidine rings is 1. The topological polar surface area (TPSA) is 78.5 Å². The lowest BCUT2D eigenvalue weighted by Crippen LogP contribution is -2.51. The van der Waals surface area contributed by atoms with Crippen LogP contribution in [-0.2, 0) is 6.61 Å². The monoisotopic (exact) mass is 407 g/mol. The number of furan rings is 1. The Morgan fingerprint density at radius 3 is 2.67 bits per heavy atom. The minimum absolute atomic E-state index is 0.157. The summed E-state index contributed by atoms with van der Waals surface area (Å²) < 4.78 is 11.4. The van der Waals surface area contributed by atoms with Gasteiger partial charge in [-0.15, -0.1) is 0 Å². The quantitative estimate of drug-likeness (QED) is 0.774. The number of rotatable bonds is 6. The molecular weight excluding hydrogens is 378 g/mol. The zero-order valence-electron chi connectivity index (χ0n) is 17.3. The van der Waals surface area contributed by atoms with Crippen LogP contribution in [0.4, 0.5) is 0 Å². The molecule has 2 heterocycles. The Bertz CT molecular complexity index is 878. The fourth-order valence-electron chi connectivity index (χ4n) is 4.52. The molecule has 2 aromatic rings. The molecule has 1 aliphatic heterocycles. The second-order valence-electron chi connectivity index (χ2n) is 8.29. The number of nitriles is 1. The number of hydrogen-bond acceptors (Lipinski definition) is 5. The van der Waals surface area contributed by atoms with Gasteiger partial charge in [-0.1, -0.05) is 19.3 Å². The van der Waals surface area contributed by atoms with Crippen molar-refractivity contribution in [3.63, 3.8) is 0 Å². The molecule has 1 saturated heterocycles. The van der Waals surface area contributed by atoms with E-state index in [0.29, 0.717) is 28.9 Å². The zero-order valence-corrected chi connectivity index (χ0v) is 17.3. The first-order valence-corrected chi connectivity index (χ1v) is 11.0. The van der Waals surface area contributed by atoms with Gasteiger partial charge in [-0.25, -0.2) is 0 Å². The minimum atomic E-state index is -0.157. The fraction of sp³-hybridized carbons (Fsp3) is 0.500. The van der Waals surface area contributed by atoms with Crippen LogP contribution in [0.2, 0.25) is 0 Å². The third-order valence-corrected chi connectivity index (χ3v) is 6.13. The summed E-state index contributed by atoms with van der Waals surface area (Å²) in [6, 6.07) is 13.3. The summed E-state index contributed by atoms with van der Waals surface area (Å²) in [5.74, 6) is 1.41. The predicted molar refractivity (Wildman–Crippen MR) is 113 cm³/mol. The van der Waals surface area contributed by atoms with Crippen molar-refractivity contribution in [3.8, 4) is 11.8 Å². The number of hydrogen-bond donors (Lipinski definition) is 1. The molecule has 1 amide bonds. The molecule has 1 N–H and O–H groups in total. The van der Waals surface area contributed by atoms with Crippen molar-refractivity contribution < 1.29 is 13.9 Å². The molecule has 6 heteroatoms. The highest BCUT2D eigenvalue weighted by molar-refractivity contribution is 5.91. The summed E-state index contributed by atoms with van der Waals surface area (Å²) in [4.78, 5) is 15.2. The highest BCUT2D eigenvalue weighted by Gasteiger charge is 2.28. The van der Waals surface area contributed by atoms with E-state index in [2.05, 4.69) is 16.3 Å². The van der Waals surface area contributed by atoms with Crippen LogP contribution < -0.4 is 10.1 Å². The van der Waals surface area contributed by atoms with E-state index in [1.807, 2.05) is 0 Å². The van der Waals surface area contributed by atoms with Crippen molar-refractivity contribution in [3.05, 3.63) is 53.5 Å². The van der Waals surface area contributed by atoms with E-state index in [0.717, 1.165) is 25.9 Å². The number of nitrogens with one attached hydrogen (secondary N) is 1. The summed E-state index contributed by atoms with van der Waals surface area (Å²) in [7, 11) is 0. The Kier molecular flexibility index (Phi) is 6.70. The largest absolute Gasteiger partial charge is 0.486 e. The van der Waals surface area contributed by atoms with Crippen LogP contribution in [0.3, 0.4) is 0 Å². The highest BCUT2D eigenvalue weighted by atomic mass is 16.5. The first kappa shape index (κ1) is 20.5. The van der Waals surface area contributed by atoms with Gasteiger partial charge in [0.1, 0.15) is 18.1 Å². The molecule has 1 aromatic carbocycles. The summed E-state index contributed by atoms with van der Waals surface area (Å²) in [6.07, 6.45) is 8.76. The van der Waals surface area contributed by atoms with Crippen LogP contribution in [0.15, 0.2) is 40.8 Å². The van der Waals surface area contributed by atoms with Gasteiger partial charge in [-0.3, -0.25) is 9.69 Å². The summed E-state index contributed by atoms with van der Waals surface area (Å²) in [5, 5.41) is 12.0. The maximum absolute atomic E-state index is 12.7. The SMILES string of the molecule is N#Cc1ccc(OCc2ccc(C(=O)NC3CCCN(C4CCCCC4)C3)o2)cc1. The van der Waals surface area contributed by atoms with Gasteiger partial charge >= 0.3 is 0 Å². The molecule has 0 bridgehead atoms. The standard InChI is InChI=1S/C24H29N3O3/c25-15-18-8-10-21(11-9-18)29-17-22-12-13-23(30-22)24(28)26-19-5-4-14-27(16-19)20-6-2-1-3-7-20/h8-13,19-20H,1-7,14,16-17H2,(H,26,28). The average Bonchev–Trinajstić information content (AvgIpc) is 3.28. The number of carbonyl (C=O) groups is 1. The molecule has 2 aliphatic rings. The van der Waals surface area contributed by atoms with E-state index in [-0.39, 0.29) is 18.6 Å². The molecule has 1 aliphatic carbocycles. The van der Waals surface area contributed by atoms with E-state index >= 15 is 0 Å². The molecule has 1 aromatic heterocycles. The molecule has 1 atom stereocenters. The van der Waals surface area contributed by atoms with Gasteiger partial charge < -0.3 is 14.5 Å². The molecule has 0 radical (unpaired) electrons. The van der Waals surface area contributed by atoms with Gasteiger partial charge in [0, 0.05) is 18.6 Å². The van der Waals surface area contributed by atoms with Crippen molar-refractivity contribution >= 4 is 5.91 Å². The summed E-state index contributed by atoms with van der Waals surface area (Å²) >= 11 is 0. The molecule has 30 heavy (non-hydrogen) atoms. The van der Waals surface area contributed by atoms with E-state index in [1.54, 1.807) is 36.4 Å². The number of carbonyl (C=O) groups excluding carboxylic acids is 1. The Morgan fingerprint density at radius 1 is 1.10 bits per heavy atom. The third kappa shape index (κ3) is 5.22. The molecule has 0 spiro atoms. The molecule has 158 valence electrons. The molecular formula is C24H29N3O3. The Balaban J connectivity index is 1.27. The number of nitrogens with zero attached hydrogens (tertiary/aromatic N) is 2. The molecule has 1 unspecified atom stereocenters. The van der Waals surface area contributed by atoms with Crippen LogP contribution in [0.5, 0.6) is 5.75 Å². The van der Waals surface area contributed by atoms with Crippen molar-refractivity contribution in [2.24, 2.45) is 0 Å². The number of benzene rings is 1. The number of ether oxygens (including phenoxy) is 1. The predicted octanol–water partition coefficient (Wildman–Crippen LogP) is 4.26. The number of amides is 1. The maximum Gasteiger partial charge on any atom is 0.287 e. The average molecular weight is 408 g/mol. The highest BCUT2D eigenvalue weighted by Crippen LogP contribution is 2.25. The molecule has 6 nitrogen and oxygen atoms in total. The second-order valence-corrected chi connectivity index (χ2v) is 8.29. The van der Waals surface area contributed by atoms with E-state index < -0.39 is 0 Å². The van der Waals surface area contributed by atoms with Crippen LogP contribution in [-0.4, -0.2) is 36.0 Å². The third-order valence-electron chi connectivity index (χ3n) is 6.13. The van der Waals surface area contributed by atoms with Crippen molar-refractivity contribution in [2.45, 2.75) is 63.6 Å². The first-order chi connectivity index (χ1) is 14.7. The lowest BCUT2D eigenvalue weighted by Gasteiger charge is -2.40. The Labute approximate surface area is 177 Å². The van der Waals surface area contributed by atoms with Crippen LogP contribution in [0, 0.1) is 11.3 Å². The summed E-state index contributed by atoms with van der Waals surface area (Å²) in [6.45, 7) is 2.32. The number of likely N-dealkylation sites (tertiary alicyclic amines) is 1. The normalized spacial score (nSPS) is 20.4. The lowest BCUT2D eigenvalue weighted by atomic mass is 9.92. The first-order valence-electron chi connectivity index (χ1n) is 11.0. The van der Waals surface area contributed by atoms with Crippen molar-refractivity contribution in [1.29, 1.82) is 5.26 Å². The van der Waals surface area contributed by atoms with Gasteiger partial charge in [-0.05, 0) is 68.6 Å². The zero-order chi connectivity index (χ0) is 20.8. The van der Waals surface area contributed by atoms with Crippen LogP contribution in [0.25, 0.3) is 0 Å². The second kappa shape index (κ2) is 9.82. The van der Waals surface area contributed by atoms with E-state index in [9.17, 15) is 4.79 Å². The van der Waals surface area contributed by atoms with Crippen LogP contribution in [0.1, 0.15) is 66.8 Å². The molecule has 2 fully saturated rings. The maximum atomic E-state index is 12.7. The van der Waals surface area contributed by atoms with E-state index in [4.69, 9.17) is 14.4 Å². The smallest absolute Gasteiger partial charge is 0.287 e. The minimum Gasteiger partial charge on any atom is -0.486 e. The van der Waals surface area contributed by atoms with Crippen molar-refractivity contribution in [1.82, 2.24) is 10.2 Å².